The van der Waals surface area contributed by atoms with Crippen molar-refractivity contribution in [2.24, 2.45) is 0 Å². The Morgan fingerprint density at radius 2 is 1.37 bits per heavy atom. The van der Waals surface area contributed by atoms with Gasteiger partial charge in [0.2, 0.25) is 0 Å². The molecule has 0 aliphatic heterocycles. The van der Waals surface area contributed by atoms with Crippen LogP contribution < -0.4 is 10.1 Å². The van der Waals surface area contributed by atoms with Crippen molar-refractivity contribution in [3.8, 4) is 5.75 Å². The van der Waals surface area contributed by atoms with Crippen molar-refractivity contribution in [1.29, 1.82) is 0 Å². The van der Waals surface area contributed by atoms with E-state index in [1.165, 1.54) is 0 Å². The molecule has 27 heavy (non-hydrogen) atoms. The molecule has 0 saturated carbocycles. The van der Waals surface area contributed by atoms with Crippen LogP contribution in [0.4, 0.5) is 0 Å². The third-order valence-corrected chi connectivity index (χ3v) is 5.04. The first kappa shape index (κ1) is 19.1. The Morgan fingerprint density at radius 3 is 1.85 bits per heavy atom. The van der Waals surface area contributed by atoms with Gasteiger partial charge in [0.25, 0.3) is 5.91 Å². The lowest BCUT2D eigenvalue weighted by Gasteiger charge is -2.22. The van der Waals surface area contributed by atoms with Gasteiger partial charge in [0.05, 0.1) is 6.04 Å². The van der Waals surface area contributed by atoms with Gasteiger partial charge in [-0.1, -0.05) is 60.7 Å². The molecule has 0 fully saturated rings. The van der Waals surface area contributed by atoms with Gasteiger partial charge in [-0.3, -0.25) is 4.79 Å². The van der Waals surface area contributed by atoms with E-state index in [0.717, 1.165) is 16.0 Å². The zero-order chi connectivity index (χ0) is 19.1. The molecule has 0 radical (unpaired) electrons. The third kappa shape index (κ3) is 5.14. The van der Waals surface area contributed by atoms with Gasteiger partial charge in [-0.25, -0.2) is 0 Å². The highest BCUT2D eigenvalue weighted by molar-refractivity contribution is 7.98. The molecule has 1 amide bonds. The lowest BCUT2D eigenvalue weighted by Crippen LogP contribution is -2.39. The number of thioether (sulfide) groups is 1. The van der Waals surface area contributed by atoms with E-state index < -0.39 is 6.10 Å². The van der Waals surface area contributed by atoms with E-state index in [9.17, 15) is 4.79 Å². The molecule has 0 bridgehead atoms. The second kappa shape index (κ2) is 9.28. The average molecular weight is 378 g/mol. The van der Waals surface area contributed by atoms with E-state index in [-0.39, 0.29) is 11.9 Å². The summed E-state index contributed by atoms with van der Waals surface area (Å²) >= 11 is 1.67. The van der Waals surface area contributed by atoms with Gasteiger partial charge in [0, 0.05) is 4.90 Å². The van der Waals surface area contributed by atoms with Crippen LogP contribution in [0.25, 0.3) is 0 Å². The maximum Gasteiger partial charge on any atom is 0.261 e. The van der Waals surface area contributed by atoms with E-state index in [0.29, 0.717) is 5.75 Å². The molecule has 0 aliphatic carbocycles. The number of carbonyl (C=O) groups excluding carboxylic acids is 1. The summed E-state index contributed by atoms with van der Waals surface area (Å²) in [6.07, 6.45) is 1.43. The van der Waals surface area contributed by atoms with Crippen LogP contribution in [0.1, 0.15) is 24.1 Å². The fourth-order valence-electron chi connectivity index (χ4n) is 2.82. The third-order valence-electron chi connectivity index (χ3n) is 4.29. The fraction of sp³-hybridized carbons (Fsp3) is 0.174. The highest BCUT2D eigenvalue weighted by Crippen LogP contribution is 2.23. The van der Waals surface area contributed by atoms with E-state index in [1.54, 1.807) is 18.7 Å². The SMILES string of the molecule is CSc1ccc(OC(C)C(=O)NC(c2ccccc2)c2ccccc2)cc1. The molecule has 3 nitrogen and oxygen atoms in total. The maximum atomic E-state index is 12.8. The zero-order valence-corrected chi connectivity index (χ0v) is 16.3. The largest absolute Gasteiger partial charge is 0.481 e. The van der Waals surface area contributed by atoms with Crippen molar-refractivity contribution in [2.75, 3.05) is 6.26 Å². The fourth-order valence-corrected chi connectivity index (χ4v) is 3.23. The molecule has 3 aromatic rings. The van der Waals surface area contributed by atoms with Crippen LogP contribution in [0.3, 0.4) is 0 Å². The minimum Gasteiger partial charge on any atom is -0.481 e. The number of carbonyl (C=O) groups is 1. The molecule has 3 aromatic carbocycles. The Kier molecular flexibility index (Phi) is 6.55. The van der Waals surface area contributed by atoms with Crippen LogP contribution in [0.2, 0.25) is 0 Å². The Morgan fingerprint density at radius 1 is 0.852 bits per heavy atom. The summed E-state index contributed by atoms with van der Waals surface area (Å²) in [6, 6.07) is 27.5. The van der Waals surface area contributed by atoms with E-state index in [2.05, 4.69) is 5.32 Å². The molecule has 1 unspecified atom stereocenters. The Hall–Kier alpha value is -2.72. The monoisotopic (exact) mass is 377 g/mol. The maximum absolute atomic E-state index is 12.8. The normalized spacial score (nSPS) is 11.8. The summed E-state index contributed by atoms with van der Waals surface area (Å²) in [6.45, 7) is 1.77. The van der Waals surface area contributed by atoms with Gasteiger partial charge in [0.1, 0.15) is 5.75 Å². The van der Waals surface area contributed by atoms with Gasteiger partial charge in [0.15, 0.2) is 6.10 Å². The first-order valence-corrected chi connectivity index (χ1v) is 10.1. The minimum atomic E-state index is -0.597. The second-order valence-electron chi connectivity index (χ2n) is 6.20. The molecule has 0 spiro atoms. The number of hydrogen-bond donors (Lipinski definition) is 1. The predicted molar refractivity (Wildman–Crippen MR) is 111 cm³/mol. The number of amides is 1. The minimum absolute atomic E-state index is 0.151. The first-order chi connectivity index (χ1) is 13.2. The molecule has 4 heteroatoms. The number of benzene rings is 3. The van der Waals surface area contributed by atoms with Gasteiger partial charge in [-0.15, -0.1) is 11.8 Å². The van der Waals surface area contributed by atoms with Crippen LogP contribution in [-0.4, -0.2) is 18.3 Å². The van der Waals surface area contributed by atoms with Crippen molar-refractivity contribution in [3.63, 3.8) is 0 Å². The number of rotatable bonds is 7. The van der Waals surface area contributed by atoms with Gasteiger partial charge in [-0.2, -0.15) is 0 Å². The van der Waals surface area contributed by atoms with Crippen molar-refractivity contribution in [3.05, 3.63) is 96.1 Å². The molecule has 0 saturated heterocycles. The molecule has 1 N–H and O–H groups in total. The zero-order valence-electron chi connectivity index (χ0n) is 15.5. The molecular weight excluding hydrogens is 354 g/mol. The summed E-state index contributed by atoms with van der Waals surface area (Å²) < 4.78 is 5.83. The van der Waals surface area contributed by atoms with Crippen molar-refractivity contribution in [1.82, 2.24) is 5.32 Å². The highest BCUT2D eigenvalue weighted by Gasteiger charge is 2.21. The quantitative estimate of drug-likeness (QED) is 0.584. The van der Waals surface area contributed by atoms with E-state index in [1.807, 2.05) is 91.2 Å². The summed E-state index contributed by atoms with van der Waals surface area (Å²) in [5.41, 5.74) is 2.07. The van der Waals surface area contributed by atoms with Crippen molar-refractivity contribution in [2.45, 2.75) is 24.0 Å². The molecule has 1 atom stereocenters. The molecular formula is C23H23NO2S. The lowest BCUT2D eigenvalue weighted by molar-refractivity contribution is -0.127. The predicted octanol–water partition coefficient (Wildman–Crippen LogP) is 5.08. The average Bonchev–Trinajstić information content (AvgIpc) is 2.73. The molecule has 0 heterocycles. The lowest BCUT2D eigenvalue weighted by atomic mass is 9.98. The van der Waals surface area contributed by atoms with Gasteiger partial charge < -0.3 is 10.1 Å². The summed E-state index contributed by atoms with van der Waals surface area (Å²) in [4.78, 5) is 13.9. The van der Waals surface area contributed by atoms with E-state index >= 15 is 0 Å². The Labute approximate surface area is 164 Å². The van der Waals surface area contributed by atoms with Crippen molar-refractivity contribution >= 4 is 17.7 Å². The Balaban J connectivity index is 1.73. The van der Waals surface area contributed by atoms with Gasteiger partial charge >= 0.3 is 0 Å². The highest BCUT2D eigenvalue weighted by atomic mass is 32.2. The first-order valence-electron chi connectivity index (χ1n) is 8.88. The number of ether oxygens (including phenoxy) is 1. The molecule has 138 valence electrons. The van der Waals surface area contributed by atoms with Crippen LogP contribution in [-0.2, 0) is 4.79 Å². The van der Waals surface area contributed by atoms with Crippen molar-refractivity contribution < 1.29 is 9.53 Å². The van der Waals surface area contributed by atoms with Crippen LogP contribution >= 0.6 is 11.8 Å². The summed E-state index contributed by atoms with van der Waals surface area (Å²) in [5.74, 6) is 0.535. The molecule has 3 rings (SSSR count). The van der Waals surface area contributed by atoms with E-state index in [4.69, 9.17) is 4.74 Å². The Bertz CT molecular complexity index is 811. The second-order valence-corrected chi connectivity index (χ2v) is 7.08. The molecule has 0 aromatic heterocycles. The summed E-state index contributed by atoms with van der Waals surface area (Å²) in [7, 11) is 0. The van der Waals surface area contributed by atoms with Crippen LogP contribution in [0.5, 0.6) is 5.75 Å². The van der Waals surface area contributed by atoms with Gasteiger partial charge in [-0.05, 0) is 48.6 Å². The summed E-state index contributed by atoms with van der Waals surface area (Å²) in [5, 5.41) is 3.12. The topological polar surface area (TPSA) is 38.3 Å². The van der Waals surface area contributed by atoms with Crippen LogP contribution in [0, 0.1) is 0 Å². The standard InChI is InChI=1S/C23H23NO2S/c1-17(26-20-13-15-21(27-2)16-14-20)23(25)24-22(18-9-5-3-6-10-18)19-11-7-4-8-12-19/h3-17,22H,1-2H3,(H,24,25). The number of nitrogens with one attached hydrogen (secondary N) is 1. The number of hydrogen-bond acceptors (Lipinski definition) is 3. The molecule has 0 aliphatic rings. The van der Waals surface area contributed by atoms with Crippen LogP contribution in [0.15, 0.2) is 89.8 Å². The smallest absolute Gasteiger partial charge is 0.261 e.